The maximum absolute atomic E-state index is 13.8. The summed E-state index contributed by atoms with van der Waals surface area (Å²) in [6, 6.07) is 2.49. The Bertz CT molecular complexity index is 381. The van der Waals surface area contributed by atoms with Gasteiger partial charge in [0, 0.05) is 19.8 Å². The van der Waals surface area contributed by atoms with E-state index in [1.807, 2.05) is 0 Å². The van der Waals surface area contributed by atoms with Gasteiger partial charge >= 0.3 is 0 Å². The lowest BCUT2D eigenvalue weighted by molar-refractivity contribution is -0.123. The van der Waals surface area contributed by atoms with Gasteiger partial charge in [-0.25, -0.2) is 8.78 Å². The second-order valence-electron chi connectivity index (χ2n) is 3.71. The van der Waals surface area contributed by atoms with Crippen molar-refractivity contribution >= 4 is 0 Å². The van der Waals surface area contributed by atoms with Crippen LogP contribution >= 0.6 is 0 Å². The summed E-state index contributed by atoms with van der Waals surface area (Å²) < 4.78 is 37.4. The van der Waals surface area contributed by atoms with Gasteiger partial charge in [-0.3, -0.25) is 0 Å². The molecule has 0 saturated carbocycles. The number of rotatable bonds is 5. The molecular weight excluding hydrogens is 228 g/mol. The highest BCUT2D eigenvalue weighted by Gasteiger charge is 2.26. The van der Waals surface area contributed by atoms with E-state index in [0.717, 1.165) is 0 Å². The maximum Gasteiger partial charge on any atom is 0.176 e. The largest absolute Gasteiger partial charge is 0.354 e. The minimum absolute atomic E-state index is 0.185. The Hall–Kier alpha value is -1.04. The van der Waals surface area contributed by atoms with Gasteiger partial charge in [0.05, 0.1) is 6.04 Å². The summed E-state index contributed by atoms with van der Waals surface area (Å²) in [7, 11) is 4.52. The zero-order valence-corrected chi connectivity index (χ0v) is 10.4. The minimum atomic E-state index is -0.872. The molecule has 1 N–H and O–H groups in total. The first-order valence-electron chi connectivity index (χ1n) is 5.24. The predicted molar refractivity (Wildman–Crippen MR) is 60.7 cm³/mol. The lowest BCUT2D eigenvalue weighted by atomic mass is 10.0. The van der Waals surface area contributed by atoms with E-state index in [9.17, 15) is 8.78 Å². The van der Waals surface area contributed by atoms with Gasteiger partial charge in [-0.05, 0) is 19.5 Å². The zero-order chi connectivity index (χ0) is 13.0. The fourth-order valence-corrected chi connectivity index (χ4v) is 1.71. The van der Waals surface area contributed by atoms with E-state index in [2.05, 4.69) is 5.32 Å². The van der Waals surface area contributed by atoms with Crippen molar-refractivity contribution in [1.29, 1.82) is 0 Å². The molecule has 0 radical (unpaired) electrons. The van der Waals surface area contributed by atoms with Crippen LogP contribution < -0.4 is 5.32 Å². The topological polar surface area (TPSA) is 30.5 Å². The van der Waals surface area contributed by atoms with E-state index in [1.165, 1.54) is 33.3 Å². The summed E-state index contributed by atoms with van der Waals surface area (Å²) in [5.74, 6) is -1.71. The molecular formula is C12H17F2NO2. The van der Waals surface area contributed by atoms with Crippen molar-refractivity contribution < 1.29 is 18.3 Å². The molecule has 17 heavy (non-hydrogen) atoms. The third kappa shape index (κ3) is 2.80. The van der Waals surface area contributed by atoms with Gasteiger partial charge < -0.3 is 14.8 Å². The number of benzene rings is 1. The van der Waals surface area contributed by atoms with Crippen LogP contribution in [0.15, 0.2) is 12.1 Å². The molecule has 1 rings (SSSR count). The Morgan fingerprint density at radius 1 is 1.12 bits per heavy atom. The molecule has 0 fully saturated rings. The smallest absolute Gasteiger partial charge is 0.176 e. The Morgan fingerprint density at radius 3 is 2.18 bits per heavy atom. The van der Waals surface area contributed by atoms with Gasteiger partial charge in [-0.1, -0.05) is 12.1 Å². The first kappa shape index (κ1) is 14.0. The highest BCUT2D eigenvalue weighted by molar-refractivity contribution is 5.28. The molecule has 0 heterocycles. The summed E-state index contributed by atoms with van der Waals surface area (Å²) in [5, 5.41) is 2.85. The first-order chi connectivity index (χ1) is 8.06. The Morgan fingerprint density at radius 2 is 1.71 bits per heavy atom. The van der Waals surface area contributed by atoms with Gasteiger partial charge in [0.25, 0.3) is 0 Å². The van der Waals surface area contributed by atoms with Crippen LogP contribution in [0.2, 0.25) is 0 Å². The molecule has 1 atom stereocenters. The number of likely N-dealkylation sites (N-methyl/N-ethyl adjacent to an activating group) is 1. The molecule has 0 amide bonds. The molecule has 0 spiro atoms. The van der Waals surface area contributed by atoms with Crippen LogP contribution in [0.1, 0.15) is 17.2 Å². The fraction of sp³-hybridized carbons (Fsp3) is 0.500. The highest BCUT2D eigenvalue weighted by Crippen LogP contribution is 2.25. The lowest BCUT2D eigenvalue weighted by Gasteiger charge is -2.25. The second-order valence-corrected chi connectivity index (χ2v) is 3.71. The van der Waals surface area contributed by atoms with Crippen molar-refractivity contribution in [3.8, 4) is 0 Å². The number of methoxy groups -OCH3 is 2. The van der Waals surface area contributed by atoms with Gasteiger partial charge in [0.1, 0.15) is 0 Å². The number of nitrogens with one attached hydrogen (secondary N) is 1. The number of aryl methyl sites for hydroxylation is 1. The van der Waals surface area contributed by atoms with Crippen LogP contribution in [0.5, 0.6) is 0 Å². The van der Waals surface area contributed by atoms with E-state index in [1.54, 1.807) is 7.05 Å². The van der Waals surface area contributed by atoms with E-state index in [4.69, 9.17) is 9.47 Å². The van der Waals surface area contributed by atoms with Crippen LogP contribution in [-0.4, -0.2) is 27.6 Å². The van der Waals surface area contributed by atoms with Crippen molar-refractivity contribution in [1.82, 2.24) is 5.32 Å². The minimum Gasteiger partial charge on any atom is -0.354 e. The molecule has 0 bridgehead atoms. The fourth-order valence-electron chi connectivity index (χ4n) is 1.71. The monoisotopic (exact) mass is 245 g/mol. The van der Waals surface area contributed by atoms with Gasteiger partial charge in [0.15, 0.2) is 17.9 Å². The molecule has 0 aliphatic rings. The van der Waals surface area contributed by atoms with Crippen LogP contribution in [-0.2, 0) is 9.47 Å². The molecule has 5 heteroatoms. The number of halogens is 2. The Kier molecular flexibility index (Phi) is 4.99. The number of ether oxygens (including phenoxy) is 2. The number of hydrogen-bond donors (Lipinski definition) is 1. The van der Waals surface area contributed by atoms with Gasteiger partial charge in [-0.15, -0.1) is 0 Å². The number of hydrogen-bond acceptors (Lipinski definition) is 3. The molecule has 1 unspecified atom stereocenters. The van der Waals surface area contributed by atoms with E-state index in [0.29, 0.717) is 0 Å². The van der Waals surface area contributed by atoms with E-state index in [-0.39, 0.29) is 11.1 Å². The maximum atomic E-state index is 13.8. The van der Waals surface area contributed by atoms with Crippen LogP contribution in [0.25, 0.3) is 0 Å². The lowest BCUT2D eigenvalue weighted by Crippen LogP contribution is -2.33. The average molecular weight is 245 g/mol. The quantitative estimate of drug-likeness (QED) is 0.806. The SMILES string of the molecule is CNC(c1ccc(C)c(F)c1F)C(OC)OC. The van der Waals surface area contributed by atoms with Crippen LogP contribution in [0.3, 0.4) is 0 Å². The summed E-state index contributed by atoms with van der Waals surface area (Å²) >= 11 is 0. The standard InChI is InChI=1S/C12H17F2NO2/c1-7-5-6-8(10(14)9(7)13)11(15-2)12(16-3)17-4/h5-6,11-12,15H,1-4H3. The normalized spacial score (nSPS) is 13.1. The van der Waals surface area contributed by atoms with Crippen molar-refractivity contribution in [2.45, 2.75) is 19.3 Å². The molecule has 3 nitrogen and oxygen atoms in total. The summed E-state index contributed by atoms with van der Waals surface area (Å²) in [5.41, 5.74) is 0.455. The van der Waals surface area contributed by atoms with Crippen LogP contribution in [0.4, 0.5) is 8.78 Å². The van der Waals surface area contributed by atoms with Gasteiger partial charge in [-0.2, -0.15) is 0 Å². The van der Waals surface area contributed by atoms with Crippen molar-refractivity contribution in [3.63, 3.8) is 0 Å². The Labute approximate surface area is 99.7 Å². The molecule has 0 aliphatic heterocycles. The zero-order valence-electron chi connectivity index (χ0n) is 10.4. The Balaban J connectivity index is 3.16. The van der Waals surface area contributed by atoms with Crippen molar-refractivity contribution in [3.05, 3.63) is 34.9 Å². The molecule has 0 saturated heterocycles. The van der Waals surface area contributed by atoms with Crippen molar-refractivity contribution in [2.75, 3.05) is 21.3 Å². The molecule has 0 aromatic heterocycles. The van der Waals surface area contributed by atoms with E-state index < -0.39 is 24.0 Å². The second kappa shape index (κ2) is 6.05. The summed E-state index contributed by atoms with van der Waals surface area (Å²) in [6.45, 7) is 1.51. The van der Waals surface area contributed by atoms with Crippen molar-refractivity contribution in [2.24, 2.45) is 0 Å². The van der Waals surface area contributed by atoms with Crippen LogP contribution in [0, 0.1) is 18.6 Å². The molecule has 1 aromatic rings. The van der Waals surface area contributed by atoms with Gasteiger partial charge in [0.2, 0.25) is 0 Å². The summed E-state index contributed by atoms with van der Waals surface area (Å²) in [6.07, 6.45) is -0.684. The molecule has 0 aliphatic carbocycles. The third-order valence-electron chi connectivity index (χ3n) is 2.69. The average Bonchev–Trinajstić information content (AvgIpc) is 2.34. The highest BCUT2D eigenvalue weighted by atomic mass is 19.2. The summed E-state index contributed by atoms with van der Waals surface area (Å²) in [4.78, 5) is 0. The van der Waals surface area contributed by atoms with E-state index >= 15 is 0 Å². The predicted octanol–water partition coefficient (Wildman–Crippen LogP) is 2.15. The third-order valence-corrected chi connectivity index (χ3v) is 2.69. The molecule has 1 aromatic carbocycles. The molecule has 96 valence electrons. The first-order valence-corrected chi connectivity index (χ1v) is 5.24.